The first-order valence-electron chi connectivity index (χ1n) is 7.49. The van der Waals surface area contributed by atoms with Crippen molar-refractivity contribution >= 4 is 34.0 Å². The normalized spacial score (nSPS) is 16.0. The Balaban J connectivity index is 1.64. The van der Waals surface area contributed by atoms with Crippen molar-refractivity contribution in [3.63, 3.8) is 0 Å². The zero-order valence-electron chi connectivity index (χ0n) is 12.8. The molecular weight excluding hydrogens is 314 g/mol. The van der Waals surface area contributed by atoms with Gasteiger partial charge < -0.3 is 4.90 Å². The molecule has 1 atom stereocenters. The van der Waals surface area contributed by atoms with Crippen molar-refractivity contribution < 1.29 is 4.79 Å². The molecule has 6 heteroatoms. The molecule has 2 heterocycles. The molecule has 1 saturated heterocycles. The van der Waals surface area contributed by atoms with E-state index in [1.807, 2.05) is 38.1 Å². The van der Waals surface area contributed by atoms with Gasteiger partial charge in [0.25, 0.3) is 0 Å². The van der Waals surface area contributed by atoms with Crippen LogP contribution in [0.5, 0.6) is 0 Å². The van der Waals surface area contributed by atoms with Crippen molar-refractivity contribution in [2.45, 2.75) is 36.3 Å². The fraction of sp³-hybridized carbons (Fsp3) is 0.438. The lowest BCUT2D eigenvalue weighted by Gasteiger charge is -2.11. The minimum atomic E-state index is -0.151. The van der Waals surface area contributed by atoms with E-state index in [0.717, 1.165) is 33.7 Å². The second-order valence-corrected chi connectivity index (χ2v) is 8.08. The molecule has 0 N–H and O–H groups in total. The van der Waals surface area contributed by atoms with Gasteiger partial charge in [-0.25, -0.2) is 0 Å². The van der Waals surface area contributed by atoms with Gasteiger partial charge in [-0.1, -0.05) is 52.9 Å². The largest absolute Gasteiger partial charge is 0.347 e. The quantitative estimate of drug-likeness (QED) is 0.615. The van der Waals surface area contributed by atoms with Crippen LogP contribution in [0.3, 0.4) is 0 Å². The van der Waals surface area contributed by atoms with E-state index < -0.39 is 0 Å². The molecule has 2 aromatic rings. The third-order valence-corrected chi connectivity index (χ3v) is 5.92. The van der Waals surface area contributed by atoms with Crippen molar-refractivity contribution in [3.8, 4) is 0 Å². The van der Waals surface area contributed by atoms with Crippen LogP contribution >= 0.6 is 23.1 Å². The van der Waals surface area contributed by atoms with Gasteiger partial charge in [0.1, 0.15) is 0 Å². The lowest BCUT2D eigenvalue weighted by atomic mass is 10.1. The first kappa shape index (κ1) is 15.5. The minimum Gasteiger partial charge on any atom is -0.347 e. The van der Waals surface area contributed by atoms with Gasteiger partial charge >= 0.3 is 0 Å². The molecule has 0 spiro atoms. The molecule has 22 heavy (non-hydrogen) atoms. The predicted octanol–water partition coefficient (Wildman–Crippen LogP) is 3.81. The van der Waals surface area contributed by atoms with Gasteiger partial charge in [-0.05, 0) is 26.7 Å². The van der Waals surface area contributed by atoms with Crippen LogP contribution in [0.4, 0.5) is 5.13 Å². The van der Waals surface area contributed by atoms with Crippen LogP contribution in [-0.4, -0.2) is 34.3 Å². The maximum atomic E-state index is 12.4. The number of rotatable bonds is 5. The number of anilines is 1. The van der Waals surface area contributed by atoms with Crippen molar-refractivity contribution in [1.82, 2.24) is 10.2 Å². The van der Waals surface area contributed by atoms with Crippen LogP contribution in [0, 0.1) is 6.92 Å². The third-order valence-electron chi connectivity index (χ3n) is 3.76. The van der Waals surface area contributed by atoms with Crippen molar-refractivity contribution in [1.29, 1.82) is 0 Å². The molecule has 0 saturated carbocycles. The maximum Gasteiger partial charge on any atom is 0.209 e. The van der Waals surface area contributed by atoms with Crippen LogP contribution in [0.2, 0.25) is 0 Å². The standard InChI is InChI=1S/C16H19N3OS2/c1-11-5-7-13(8-6-11)14(20)12(2)21-16-18-17-15(22-16)19-9-3-4-10-19/h5-8,12H,3-4,9-10H2,1-2H3. The number of hydrogen-bond acceptors (Lipinski definition) is 6. The third kappa shape index (κ3) is 3.50. The van der Waals surface area contributed by atoms with E-state index in [9.17, 15) is 4.79 Å². The van der Waals surface area contributed by atoms with Crippen LogP contribution in [0.1, 0.15) is 35.7 Å². The molecule has 1 fully saturated rings. The van der Waals surface area contributed by atoms with E-state index in [0.29, 0.717) is 0 Å². The van der Waals surface area contributed by atoms with E-state index in [2.05, 4.69) is 15.1 Å². The Labute approximate surface area is 138 Å². The summed E-state index contributed by atoms with van der Waals surface area (Å²) >= 11 is 3.09. The minimum absolute atomic E-state index is 0.142. The molecule has 1 aliphatic rings. The molecular formula is C16H19N3OS2. The number of aromatic nitrogens is 2. The first-order valence-corrected chi connectivity index (χ1v) is 9.19. The Hall–Kier alpha value is -1.40. The Morgan fingerprint density at radius 1 is 1.23 bits per heavy atom. The highest BCUT2D eigenvalue weighted by molar-refractivity contribution is 8.02. The van der Waals surface area contributed by atoms with Gasteiger partial charge in [0.05, 0.1) is 5.25 Å². The summed E-state index contributed by atoms with van der Waals surface area (Å²) in [5.74, 6) is 0.142. The predicted molar refractivity (Wildman–Crippen MR) is 92.2 cm³/mol. The van der Waals surface area contributed by atoms with Crippen LogP contribution in [0.15, 0.2) is 28.6 Å². The first-order chi connectivity index (χ1) is 10.6. The molecule has 0 radical (unpaired) electrons. The average Bonchev–Trinajstić information content (AvgIpc) is 3.18. The highest BCUT2D eigenvalue weighted by atomic mass is 32.2. The van der Waals surface area contributed by atoms with Crippen LogP contribution in [0.25, 0.3) is 0 Å². The zero-order chi connectivity index (χ0) is 15.5. The Kier molecular flexibility index (Phi) is 4.78. The van der Waals surface area contributed by atoms with Gasteiger partial charge in [-0.3, -0.25) is 4.79 Å². The van der Waals surface area contributed by atoms with Crippen LogP contribution < -0.4 is 4.90 Å². The van der Waals surface area contributed by atoms with Gasteiger partial charge in [-0.15, -0.1) is 10.2 Å². The SMILES string of the molecule is Cc1ccc(C(=O)C(C)Sc2nnc(N3CCCC3)s2)cc1. The Morgan fingerprint density at radius 2 is 1.91 bits per heavy atom. The summed E-state index contributed by atoms with van der Waals surface area (Å²) in [5, 5.41) is 9.32. The van der Waals surface area contributed by atoms with E-state index in [1.54, 1.807) is 11.3 Å². The number of carbonyl (C=O) groups excluding carboxylic acids is 1. The van der Waals surface area contributed by atoms with Crippen molar-refractivity contribution in [2.24, 2.45) is 0 Å². The number of hydrogen-bond donors (Lipinski definition) is 0. The Bertz CT molecular complexity index is 648. The van der Waals surface area contributed by atoms with Gasteiger partial charge in [0.15, 0.2) is 10.1 Å². The molecule has 0 bridgehead atoms. The van der Waals surface area contributed by atoms with Gasteiger partial charge in [0.2, 0.25) is 5.13 Å². The number of benzene rings is 1. The fourth-order valence-electron chi connectivity index (χ4n) is 2.44. The summed E-state index contributed by atoms with van der Waals surface area (Å²) in [7, 11) is 0. The van der Waals surface area contributed by atoms with Crippen molar-refractivity contribution in [2.75, 3.05) is 18.0 Å². The molecule has 4 nitrogen and oxygen atoms in total. The van der Waals surface area contributed by atoms with E-state index in [4.69, 9.17) is 0 Å². The van der Waals surface area contributed by atoms with Crippen molar-refractivity contribution in [3.05, 3.63) is 35.4 Å². The molecule has 0 aliphatic carbocycles. The number of nitrogens with zero attached hydrogens (tertiary/aromatic N) is 3. The number of aryl methyl sites for hydroxylation is 1. The fourth-order valence-corrected chi connectivity index (χ4v) is 4.56. The average molecular weight is 333 g/mol. The zero-order valence-corrected chi connectivity index (χ0v) is 14.4. The lowest BCUT2D eigenvalue weighted by molar-refractivity contribution is 0.0994. The summed E-state index contributed by atoms with van der Waals surface area (Å²) in [6.45, 7) is 6.09. The highest BCUT2D eigenvalue weighted by Gasteiger charge is 2.21. The topological polar surface area (TPSA) is 46.1 Å². The number of ketones is 1. The van der Waals surface area contributed by atoms with E-state index >= 15 is 0 Å². The second-order valence-electron chi connectivity index (χ2n) is 5.54. The molecule has 1 aromatic carbocycles. The number of carbonyl (C=O) groups is 1. The van der Waals surface area contributed by atoms with Gasteiger partial charge in [-0.2, -0.15) is 0 Å². The molecule has 3 rings (SSSR count). The summed E-state index contributed by atoms with van der Waals surface area (Å²) in [5.41, 5.74) is 1.92. The highest BCUT2D eigenvalue weighted by Crippen LogP contribution is 2.33. The van der Waals surface area contributed by atoms with Gasteiger partial charge in [0, 0.05) is 18.7 Å². The van der Waals surface area contributed by atoms with E-state index in [1.165, 1.54) is 24.6 Å². The maximum absolute atomic E-state index is 12.4. The molecule has 1 aliphatic heterocycles. The molecule has 0 amide bonds. The lowest BCUT2D eigenvalue weighted by Crippen LogP contribution is -2.17. The smallest absolute Gasteiger partial charge is 0.209 e. The second kappa shape index (κ2) is 6.79. The molecule has 1 aromatic heterocycles. The molecule has 1 unspecified atom stereocenters. The summed E-state index contributed by atoms with van der Waals surface area (Å²) in [6, 6.07) is 7.73. The monoisotopic (exact) mass is 333 g/mol. The van der Waals surface area contributed by atoms with E-state index in [-0.39, 0.29) is 11.0 Å². The summed E-state index contributed by atoms with van der Waals surface area (Å²) in [6.07, 6.45) is 2.45. The van der Waals surface area contributed by atoms with Crippen LogP contribution in [-0.2, 0) is 0 Å². The summed E-state index contributed by atoms with van der Waals surface area (Å²) < 4.78 is 0.870. The number of Topliss-reactive ketones (excluding diaryl/α,β-unsaturated/α-hetero) is 1. The summed E-state index contributed by atoms with van der Waals surface area (Å²) in [4.78, 5) is 14.7. The molecule has 116 valence electrons. The Morgan fingerprint density at radius 3 is 2.59 bits per heavy atom. The number of thioether (sulfide) groups is 1.